The van der Waals surface area contributed by atoms with Crippen LogP contribution in [0.1, 0.15) is 18.9 Å². The van der Waals surface area contributed by atoms with Crippen LogP contribution in [0.3, 0.4) is 0 Å². The van der Waals surface area contributed by atoms with Gasteiger partial charge in [-0.15, -0.1) is 0 Å². The molecule has 0 atom stereocenters. The maximum Gasteiger partial charge on any atom is 0.407 e. The Morgan fingerprint density at radius 1 is 1.27 bits per heavy atom. The van der Waals surface area contributed by atoms with Gasteiger partial charge in [-0.3, -0.25) is 14.2 Å². The number of hydrogen-bond acceptors (Lipinski definition) is 4. The van der Waals surface area contributed by atoms with Crippen molar-refractivity contribution in [3.63, 3.8) is 0 Å². The van der Waals surface area contributed by atoms with Crippen LogP contribution in [0.15, 0.2) is 27.9 Å². The average Bonchev–Trinajstić information content (AvgIpc) is 2.53. The van der Waals surface area contributed by atoms with E-state index in [0.717, 1.165) is 0 Å². The minimum atomic E-state index is -0.960. The van der Waals surface area contributed by atoms with E-state index in [-0.39, 0.29) is 6.04 Å². The molecule has 0 spiro atoms. The fraction of sp³-hybridized carbons (Fsp3) is 0.429. The molecule has 2 aromatic heterocycles. The normalized spacial score (nSPS) is 16.1. The van der Waals surface area contributed by atoms with Crippen molar-refractivity contribution in [2.45, 2.75) is 18.9 Å². The van der Waals surface area contributed by atoms with Crippen LogP contribution in [0.25, 0.3) is 11.2 Å². The first-order valence-electron chi connectivity index (χ1n) is 7.05. The number of pyridine rings is 1. The Morgan fingerprint density at radius 2 is 1.95 bits per heavy atom. The monoisotopic (exact) mass is 304 g/mol. The summed E-state index contributed by atoms with van der Waals surface area (Å²) in [4.78, 5) is 41.0. The fourth-order valence-corrected chi connectivity index (χ4v) is 2.94. The molecule has 1 saturated heterocycles. The highest BCUT2D eigenvalue weighted by Crippen LogP contribution is 2.23. The predicted octanol–water partition coefficient (Wildman–Crippen LogP) is 0.410. The van der Waals surface area contributed by atoms with E-state index in [0.29, 0.717) is 37.1 Å². The third kappa shape index (κ3) is 2.16. The number of amides is 1. The zero-order valence-corrected chi connectivity index (χ0v) is 12.1. The minimum absolute atomic E-state index is 0.214. The summed E-state index contributed by atoms with van der Waals surface area (Å²) in [6, 6.07) is 3.24. The van der Waals surface area contributed by atoms with Gasteiger partial charge in [0, 0.05) is 32.4 Å². The molecule has 0 unspecified atom stereocenters. The third-order valence-electron chi connectivity index (χ3n) is 4.16. The zero-order chi connectivity index (χ0) is 15.9. The second-order valence-electron chi connectivity index (χ2n) is 5.39. The Morgan fingerprint density at radius 3 is 2.59 bits per heavy atom. The molecule has 22 heavy (non-hydrogen) atoms. The molecule has 0 saturated carbocycles. The highest BCUT2D eigenvalue weighted by atomic mass is 16.4. The lowest BCUT2D eigenvalue weighted by Crippen LogP contribution is -2.45. The molecular formula is C14H16N4O4. The summed E-state index contributed by atoms with van der Waals surface area (Å²) in [5.41, 5.74) is -0.153. The summed E-state index contributed by atoms with van der Waals surface area (Å²) in [7, 11) is 1.55. The second kappa shape index (κ2) is 5.28. The number of piperidine rings is 1. The number of hydrogen-bond donors (Lipinski definition) is 1. The van der Waals surface area contributed by atoms with Gasteiger partial charge in [0.2, 0.25) is 0 Å². The lowest BCUT2D eigenvalue weighted by Gasteiger charge is -2.31. The van der Waals surface area contributed by atoms with Crippen molar-refractivity contribution in [2.75, 3.05) is 13.1 Å². The lowest BCUT2D eigenvalue weighted by atomic mass is 10.0. The van der Waals surface area contributed by atoms with Gasteiger partial charge in [0.15, 0.2) is 5.65 Å². The maximum atomic E-state index is 12.4. The SMILES string of the molecule is Cn1c(=O)c(=O)n(C2CCN(C(=O)O)CC2)c2ncccc21. The number of rotatable bonds is 1. The summed E-state index contributed by atoms with van der Waals surface area (Å²) in [6.07, 6.45) is 1.60. The molecule has 0 bridgehead atoms. The van der Waals surface area contributed by atoms with Gasteiger partial charge in [0.05, 0.1) is 5.52 Å². The van der Waals surface area contributed by atoms with Gasteiger partial charge >= 0.3 is 17.2 Å². The summed E-state index contributed by atoms with van der Waals surface area (Å²) in [5.74, 6) is 0. The molecule has 0 radical (unpaired) electrons. The Kier molecular flexibility index (Phi) is 3.44. The Balaban J connectivity index is 2.10. The van der Waals surface area contributed by atoms with E-state index in [9.17, 15) is 14.4 Å². The van der Waals surface area contributed by atoms with Gasteiger partial charge in [-0.2, -0.15) is 0 Å². The molecule has 1 amide bonds. The van der Waals surface area contributed by atoms with E-state index in [1.54, 1.807) is 25.4 Å². The Labute approximate surface area is 125 Å². The third-order valence-corrected chi connectivity index (χ3v) is 4.16. The van der Waals surface area contributed by atoms with Crippen molar-refractivity contribution in [3.05, 3.63) is 39.0 Å². The molecule has 0 aromatic carbocycles. The quantitative estimate of drug-likeness (QED) is 0.770. The van der Waals surface area contributed by atoms with Crippen molar-refractivity contribution in [1.82, 2.24) is 19.0 Å². The molecule has 2 aromatic rings. The molecule has 1 aliphatic heterocycles. The molecule has 1 aliphatic rings. The van der Waals surface area contributed by atoms with E-state index >= 15 is 0 Å². The van der Waals surface area contributed by atoms with Crippen LogP contribution in [0.5, 0.6) is 0 Å². The van der Waals surface area contributed by atoms with E-state index < -0.39 is 17.2 Å². The number of fused-ring (bicyclic) bond motifs is 1. The molecule has 1 N–H and O–H groups in total. The summed E-state index contributed by atoms with van der Waals surface area (Å²) >= 11 is 0. The molecule has 3 rings (SSSR count). The first kappa shape index (κ1) is 14.3. The van der Waals surface area contributed by atoms with Gasteiger partial charge in [-0.1, -0.05) is 0 Å². The average molecular weight is 304 g/mol. The van der Waals surface area contributed by atoms with Crippen LogP contribution in [-0.4, -0.2) is 43.3 Å². The molecule has 116 valence electrons. The van der Waals surface area contributed by atoms with Crippen LogP contribution < -0.4 is 11.1 Å². The van der Waals surface area contributed by atoms with Gasteiger partial charge < -0.3 is 14.6 Å². The largest absolute Gasteiger partial charge is 0.465 e. The van der Waals surface area contributed by atoms with E-state index in [2.05, 4.69) is 4.98 Å². The number of likely N-dealkylation sites (tertiary alicyclic amines) is 1. The molecular weight excluding hydrogens is 288 g/mol. The van der Waals surface area contributed by atoms with Crippen molar-refractivity contribution in [3.8, 4) is 0 Å². The van der Waals surface area contributed by atoms with Crippen LogP contribution in [0, 0.1) is 0 Å². The minimum Gasteiger partial charge on any atom is -0.465 e. The van der Waals surface area contributed by atoms with E-state index in [1.165, 1.54) is 14.0 Å². The van der Waals surface area contributed by atoms with Gasteiger partial charge in [-0.05, 0) is 25.0 Å². The van der Waals surface area contributed by atoms with E-state index in [1.807, 2.05) is 0 Å². The first-order chi connectivity index (χ1) is 10.5. The second-order valence-corrected chi connectivity index (χ2v) is 5.39. The predicted molar refractivity (Wildman–Crippen MR) is 79.1 cm³/mol. The Bertz CT molecular complexity index is 846. The summed E-state index contributed by atoms with van der Waals surface area (Å²) in [6.45, 7) is 0.686. The van der Waals surface area contributed by atoms with Crippen molar-refractivity contribution >= 4 is 17.3 Å². The lowest BCUT2D eigenvalue weighted by molar-refractivity contribution is 0.125. The van der Waals surface area contributed by atoms with Crippen molar-refractivity contribution in [2.24, 2.45) is 7.05 Å². The van der Waals surface area contributed by atoms with Crippen LogP contribution in [-0.2, 0) is 7.05 Å². The van der Waals surface area contributed by atoms with Crippen LogP contribution in [0.2, 0.25) is 0 Å². The maximum absolute atomic E-state index is 12.4. The highest BCUT2D eigenvalue weighted by Gasteiger charge is 2.26. The first-order valence-corrected chi connectivity index (χ1v) is 7.05. The number of aryl methyl sites for hydroxylation is 1. The van der Waals surface area contributed by atoms with Gasteiger partial charge in [0.25, 0.3) is 0 Å². The highest BCUT2D eigenvalue weighted by molar-refractivity contribution is 5.70. The number of carbonyl (C=O) groups is 1. The standard InChI is InChI=1S/C14H16N4O4/c1-16-10-3-2-6-15-11(10)18(13(20)12(16)19)9-4-7-17(8-5-9)14(21)22/h2-3,6,9H,4-5,7-8H2,1H3,(H,21,22). The molecule has 0 aliphatic carbocycles. The molecule has 1 fully saturated rings. The number of nitrogens with zero attached hydrogens (tertiary/aromatic N) is 4. The Hall–Kier alpha value is -2.64. The topological polar surface area (TPSA) is 97.4 Å². The van der Waals surface area contributed by atoms with Crippen molar-refractivity contribution < 1.29 is 9.90 Å². The summed E-state index contributed by atoms with van der Waals surface area (Å²) in [5, 5.41) is 8.99. The van der Waals surface area contributed by atoms with Crippen LogP contribution in [0.4, 0.5) is 4.79 Å². The molecule has 3 heterocycles. The molecule has 8 nitrogen and oxygen atoms in total. The fourth-order valence-electron chi connectivity index (χ4n) is 2.94. The zero-order valence-electron chi connectivity index (χ0n) is 12.1. The van der Waals surface area contributed by atoms with Gasteiger partial charge in [0.1, 0.15) is 0 Å². The van der Waals surface area contributed by atoms with E-state index in [4.69, 9.17) is 5.11 Å². The van der Waals surface area contributed by atoms with Gasteiger partial charge in [-0.25, -0.2) is 9.78 Å². The number of carboxylic acid groups (broad SMARTS) is 1. The van der Waals surface area contributed by atoms with Crippen LogP contribution >= 0.6 is 0 Å². The summed E-state index contributed by atoms with van der Waals surface area (Å²) < 4.78 is 2.73. The number of aromatic nitrogens is 3. The van der Waals surface area contributed by atoms with Crippen molar-refractivity contribution in [1.29, 1.82) is 0 Å². The smallest absolute Gasteiger partial charge is 0.407 e. The molecule has 8 heteroatoms.